The first kappa shape index (κ1) is 14.0. The molecule has 2 N–H and O–H groups in total. The van der Waals surface area contributed by atoms with Crippen LogP contribution in [0.15, 0.2) is 23.1 Å². The maximum atomic E-state index is 13.1. The fourth-order valence-electron chi connectivity index (χ4n) is 1.81. The zero-order chi connectivity index (χ0) is 13.1. The number of halogens is 1. The van der Waals surface area contributed by atoms with E-state index in [-0.39, 0.29) is 22.3 Å². The van der Waals surface area contributed by atoms with Gasteiger partial charge in [0.25, 0.3) is 0 Å². The maximum Gasteiger partial charge on any atom is 0.178 e. The molecule has 1 rings (SSSR count). The van der Waals surface area contributed by atoms with E-state index in [1.165, 1.54) is 6.07 Å². The molecule has 0 saturated carbocycles. The Balaban J connectivity index is 2.97. The molecule has 0 radical (unpaired) electrons. The lowest BCUT2D eigenvalue weighted by Crippen LogP contribution is -2.14. The molecular formula is C12H18FNO2S. The number of sulfone groups is 1. The quantitative estimate of drug-likeness (QED) is 0.827. The highest BCUT2D eigenvalue weighted by molar-refractivity contribution is 7.91. The molecule has 0 aromatic heterocycles. The van der Waals surface area contributed by atoms with Crippen molar-refractivity contribution in [3.8, 4) is 0 Å². The lowest BCUT2D eigenvalue weighted by molar-refractivity contribution is 0.544. The second-order valence-electron chi connectivity index (χ2n) is 4.40. The SMILES string of the molecule is CCCC(C)CS(=O)(=O)c1cc(N)cc(F)c1. The third-order valence-corrected chi connectivity index (χ3v) is 4.50. The molecule has 1 atom stereocenters. The number of anilines is 1. The smallest absolute Gasteiger partial charge is 0.178 e. The Bertz CT molecular complexity index is 465. The predicted molar refractivity (Wildman–Crippen MR) is 66.9 cm³/mol. The van der Waals surface area contributed by atoms with Gasteiger partial charge in [0.1, 0.15) is 5.82 Å². The first-order valence-electron chi connectivity index (χ1n) is 5.64. The first-order valence-corrected chi connectivity index (χ1v) is 7.29. The van der Waals surface area contributed by atoms with Crippen LogP contribution in [0.3, 0.4) is 0 Å². The summed E-state index contributed by atoms with van der Waals surface area (Å²) in [6, 6.07) is 3.43. The highest BCUT2D eigenvalue weighted by Crippen LogP contribution is 2.20. The van der Waals surface area contributed by atoms with E-state index in [1.54, 1.807) is 0 Å². The third kappa shape index (κ3) is 4.00. The van der Waals surface area contributed by atoms with E-state index >= 15 is 0 Å². The molecule has 0 aliphatic rings. The van der Waals surface area contributed by atoms with Crippen molar-refractivity contribution in [3.63, 3.8) is 0 Å². The van der Waals surface area contributed by atoms with E-state index in [0.29, 0.717) is 0 Å². The van der Waals surface area contributed by atoms with Crippen molar-refractivity contribution < 1.29 is 12.8 Å². The molecule has 0 bridgehead atoms. The molecule has 0 aliphatic heterocycles. The molecule has 1 aromatic rings. The fraction of sp³-hybridized carbons (Fsp3) is 0.500. The Morgan fingerprint density at radius 3 is 2.53 bits per heavy atom. The number of nitrogens with two attached hydrogens (primary N) is 1. The minimum atomic E-state index is -3.45. The highest BCUT2D eigenvalue weighted by atomic mass is 32.2. The summed E-state index contributed by atoms with van der Waals surface area (Å²) in [5.74, 6) is -0.523. The summed E-state index contributed by atoms with van der Waals surface area (Å²) < 4.78 is 37.1. The third-order valence-electron chi connectivity index (χ3n) is 2.54. The van der Waals surface area contributed by atoms with Crippen LogP contribution >= 0.6 is 0 Å². The van der Waals surface area contributed by atoms with Crippen molar-refractivity contribution >= 4 is 15.5 Å². The number of hydrogen-bond acceptors (Lipinski definition) is 3. The normalized spacial score (nSPS) is 13.6. The van der Waals surface area contributed by atoms with Crippen molar-refractivity contribution in [2.45, 2.75) is 31.6 Å². The molecule has 0 saturated heterocycles. The van der Waals surface area contributed by atoms with Crippen molar-refractivity contribution in [2.24, 2.45) is 5.92 Å². The van der Waals surface area contributed by atoms with Crippen LogP contribution in [-0.2, 0) is 9.84 Å². The Morgan fingerprint density at radius 1 is 1.35 bits per heavy atom. The van der Waals surface area contributed by atoms with Crippen LogP contribution < -0.4 is 5.73 Å². The standard InChI is InChI=1S/C12H18FNO2S/c1-3-4-9(2)8-17(15,16)12-6-10(13)5-11(14)7-12/h5-7,9H,3-4,8,14H2,1-2H3. The van der Waals surface area contributed by atoms with Gasteiger partial charge < -0.3 is 5.73 Å². The van der Waals surface area contributed by atoms with Crippen LogP contribution in [0.4, 0.5) is 10.1 Å². The van der Waals surface area contributed by atoms with Gasteiger partial charge in [0, 0.05) is 5.69 Å². The summed E-state index contributed by atoms with van der Waals surface area (Å²) in [5, 5.41) is 0. The van der Waals surface area contributed by atoms with Gasteiger partial charge in [-0.1, -0.05) is 20.3 Å². The summed E-state index contributed by atoms with van der Waals surface area (Å²) in [5.41, 5.74) is 5.57. The molecule has 0 amide bonds. The Kier molecular flexibility index (Phi) is 4.51. The van der Waals surface area contributed by atoms with E-state index < -0.39 is 15.7 Å². The van der Waals surface area contributed by atoms with Gasteiger partial charge in [0.05, 0.1) is 10.6 Å². The zero-order valence-corrected chi connectivity index (χ0v) is 10.9. The molecule has 3 nitrogen and oxygen atoms in total. The minimum Gasteiger partial charge on any atom is -0.399 e. The molecule has 0 heterocycles. The fourth-order valence-corrected chi connectivity index (χ4v) is 3.53. The van der Waals surface area contributed by atoms with Gasteiger partial charge in [-0.3, -0.25) is 0 Å². The van der Waals surface area contributed by atoms with Crippen LogP contribution in [0.2, 0.25) is 0 Å². The van der Waals surface area contributed by atoms with Crippen molar-refractivity contribution in [3.05, 3.63) is 24.0 Å². The van der Waals surface area contributed by atoms with E-state index in [1.807, 2.05) is 13.8 Å². The highest BCUT2D eigenvalue weighted by Gasteiger charge is 2.19. The molecule has 0 fully saturated rings. The second kappa shape index (κ2) is 5.49. The maximum absolute atomic E-state index is 13.1. The Hall–Kier alpha value is -1.10. The van der Waals surface area contributed by atoms with Gasteiger partial charge >= 0.3 is 0 Å². The van der Waals surface area contributed by atoms with Crippen LogP contribution in [0.1, 0.15) is 26.7 Å². The van der Waals surface area contributed by atoms with Gasteiger partial charge in [0.15, 0.2) is 9.84 Å². The van der Waals surface area contributed by atoms with E-state index in [2.05, 4.69) is 0 Å². The number of rotatable bonds is 5. The first-order chi connectivity index (χ1) is 7.85. The van der Waals surface area contributed by atoms with Crippen LogP contribution in [-0.4, -0.2) is 14.2 Å². The molecule has 96 valence electrons. The largest absolute Gasteiger partial charge is 0.399 e. The topological polar surface area (TPSA) is 60.2 Å². The van der Waals surface area contributed by atoms with Crippen molar-refractivity contribution in [2.75, 3.05) is 11.5 Å². The Labute approximate surface area is 102 Å². The monoisotopic (exact) mass is 259 g/mol. The predicted octanol–water partition coefficient (Wildman–Crippen LogP) is 2.62. The van der Waals surface area contributed by atoms with E-state index in [9.17, 15) is 12.8 Å². The van der Waals surface area contributed by atoms with Gasteiger partial charge in [-0.15, -0.1) is 0 Å². The lowest BCUT2D eigenvalue weighted by atomic mass is 10.1. The summed E-state index contributed by atoms with van der Waals surface area (Å²) in [7, 11) is -3.45. The molecule has 5 heteroatoms. The van der Waals surface area contributed by atoms with Gasteiger partial charge in [-0.05, 0) is 30.5 Å². The molecule has 1 aromatic carbocycles. The number of nitrogen functional groups attached to an aromatic ring is 1. The van der Waals surface area contributed by atoms with Crippen LogP contribution in [0.5, 0.6) is 0 Å². The summed E-state index contributed by atoms with van der Waals surface area (Å²) in [6.45, 7) is 3.88. The number of hydrogen-bond donors (Lipinski definition) is 1. The van der Waals surface area contributed by atoms with Crippen LogP contribution in [0.25, 0.3) is 0 Å². The summed E-state index contributed by atoms with van der Waals surface area (Å²) in [6.07, 6.45) is 1.77. The molecule has 0 aliphatic carbocycles. The van der Waals surface area contributed by atoms with Crippen LogP contribution in [0, 0.1) is 11.7 Å². The lowest BCUT2D eigenvalue weighted by Gasteiger charge is -2.11. The Morgan fingerprint density at radius 2 is 2.00 bits per heavy atom. The molecule has 1 unspecified atom stereocenters. The summed E-state index contributed by atoms with van der Waals surface area (Å²) >= 11 is 0. The minimum absolute atomic E-state index is 0.0297. The van der Waals surface area contributed by atoms with E-state index in [4.69, 9.17) is 5.73 Å². The average molecular weight is 259 g/mol. The van der Waals surface area contributed by atoms with Crippen molar-refractivity contribution in [1.82, 2.24) is 0 Å². The zero-order valence-electron chi connectivity index (χ0n) is 10.1. The summed E-state index contributed by atoms with van der Waals surface area (Å²) in [4.78, 5) is -0.0297. The van der Waals surface area contributed by atoms with E-state index in [0.717, 1.165) is 25.0 Å². The molecular weight excluding hydrogens is 241 g/mol. The van der Waals surface area contributed by atoms with Gasteiger partial charge in [-0.2, -0.15) is 0 Å². The average Bonchev–Trinajstić information content (AvgIpc) is 2.15. The number of benzene rings is 1. The van der Waals surface area contributed by atoms with Gasteiger partial charge in [0.2, 0.25) is 0 Å². The second-order valence-corrected chi connectivity index (χ2v) is 6.43. The molecule has 17 heavy (non-hydrogen) atoms. The van der Waals surface area contributed by atoms with Crippen molar-refractivity contribution in [1.29, 1.82) is 0 Å². The van der Waals surface area contributed by atoms with Gasteiger partial charge in [-0.25, -0.2) is 12.8 Å². The molecule has 0 spiro atoms.